The summed E-state index contributed by atoms with van der Waals surface area (Å²) in [5, 5.41) is 9.70. The third kappa shape index (κ3) is 3.60. The first-order valence-electron chi connectivity index (χ1n) is 8.01. The third-order valence-electron chi connectivity index (χ3n) is 4.18. The molecule has 0 radical (unpaired) electrons. The standard InChI is InChI=1S/C19H20F2N2O2/c1-10(2)8-15-12(9-22)17(16(11(3)23-15)19(24)25-4)18-13(20)6-5-7-14(18)21/h5-7,10,12,17H,8H2,1-4H3. The van der Waals surface area contributed by atoms with Gasteiger partial charge in [0, 0.05) is 22.9 Å². The van der Waals surface area contributed by atoms with Crippen LogP contribution in [0.4, 0.5) is 8.78 Å². The quantitative estimate of drug-likeness (QED) is 0.770. The summed E-state index contributed by atoms with van der Waals surface area (Å²) in [6, 6.07) is 5.56. The van der Waals surface area contributed by atoms with Crippen LogP contribution in [0.25, 0.3) is 0 Å². The lowest BCUT2D eigenvalue weighted by Crippen LogP contribution is -2.32. The van der Waals surface area contributed by atoms with Crippen molar-refractivity contribution in [3.05, 3.63) is 46.7 Å². The largest absolute Gasteiger partial charge is 0.466 e. The summed E-state index contributed by atoms with van der Waals surface area (Å²) in [7, 11) is 1.19. The maximum atomic E-state index is 14.4. The second kappa shape index (κ2) is 7.56. The topological polar surface area (TPSA) is 62.4 Å². The molecule has 0 bridgehead atoms. The van der Waals surface area contributed by atoms with E-state index in [1.54, 1.807) is 6.92 Å². The minimum Gasteiger partial charge on any atom is -0.466 e. The molecule has 2 atom stereocenters. The van der Waals surface area contributed by atoms with E-state index in [9.17, 15) is 18.8 Å². The first-order valence-corrected chi connectivity index (χ1v) is 8.01. The number of nitrogens with zero attached hydrogens (tertiary/aromatic N) is 2. The molecular formula is C19H20F2N2O2. The molecule has 1 aliphatic rings. The van der Waals surface area contributed by atoms with E-state index >= 15 is 0 Å². The second-order valence-corrected chi connectivity index (χ2v) is 6.41. The maximum absolute atomic E-state index is 14.4. The maximum Gasteiger partial charge on any atom is 0.336 e. The lowest BCUT2D eigenvalue weighted by atomic mass is 9.74. The second-order valence-electron chi connectivity index (χ2n) is 6.41. The lowest BCUT2D eigenvalue weighted by Gasteiger charge is -2.31. The van der Waals surface area contributed by atoms with Crippen LogP contribution >= 0.6 is 0 Å². The fraction of sp³-hybridized carbons (Fsp3) is 0.421. The van der Waals surface area contributed by atoms with Crippen LogP contribution in [0.5, 0.6) is 0 Å². The molecule has 2 rings (SSSR count). The van der Waals surface area contributed by atoms with Gasteiger partial charge in [-0.15, -0.1) is 0 Å². The van der Waals surface area contributed by atoms with Gasteiger partial charge in [-0.05, 0) is 31.4 Å². The summed E-state index contributed by atoms with van der Waals surface area (Å²) in [6.07, 6.45) is 0.497. The van der Waals surface area contributed by atoms with Crippen LogP contribution < -0.4 is 0 Å². The molecule has 1 aromatic rings. The summed E-state index contributed by atoms with van der Waals surface area (Å²) in [5.41, 5.74) is 0.562. The van der Waals surface area contributed by atoms with Gasteiger partial charge in [-0.3, -0.25) is 4.99 Å². The molecule has 0 N–H and O–H groups in total. The van der Waals surface area contributed by atoms with Crippen LogP contribution in [-0.2, 0) is 9.53 Å². The molecular weight excluding hydrogens is 326 g/mol. The Morgan fingerprint density at radius 2 is 1.96 bits per heavy atom. The molecule has 1 aromatic carbocycles. The van der Waals surface area contributed by atoms with Crippen molar-refractivity contribution in [3.8, 4) is 6.07 Å². The summed E-state index contributed by atoms with van der Waals surface area (Å²) in [4.78, 5) is 16.7. The van der Waals surface area contributed by atoms with Crippen molar-refractivity contribution in [2.75, 3.05) is 7.11 Å². The highest BCUT2D eigenvalue weighted by atomic mass is 19.1. The highest BCUT2D eigenvalue weighted by Gasteiger charge is 2.41. The summed E-state index contributed by atoms with van der Waals surface area (Å²) >= 11 is 0. The number of aliphatic imine (C=N–C) groups is 1. The molecule has 0 saturated heterocycles. The van der Waals surface area contributed by atoms with Gasteiger partial charge in [0.1, 0.15) is 11.6 Å². The number of rotatable bonds is 4. The number of carbonyl (C=O) groups excluding carboxylic acids is 1. The van der Waals surface area contributed by atoms with Crippen molar-refractivity contribution in [1.29, 1.82) is 5.26 Å². The van der Waals surface area contributed by atoms with Crippen LogP contribution in [0.1, 0.15) is 38.7 Å². The Labute approximate surface area is 145 Å². The van der Waals surface area contributed by atoms with Gasteiger partial charge in [0.25, 0.3) is 0 Å². The van der Waals surface area contributed by atoms with Crippen molar-refractivity contribution in [1.82, 2.24) is 0 Å². The van der Waals surface area contributed by atoms with E-state index < -0.39 is 29.4 Å². The van der Waals surface area contributed by atoms with Crippen LogP contribution in [-0.4, -0.2) is 18.8 Å². The number of benzene rings is 1. The third-order valence-corrected chi connectivity index (χ3v) is 4.18. The number of allylic oxidation sites excluding steroid dienone is 1. The Morgan fingerprint density at radius 3 is 2.44 bits per heavy atom. The van der Waals surface area contributed by atoms with Gasteiger partial charge in [-0.1, -0.05) is 19.9 Å². The number of methoxy groups -OCH3 is 1. The van der Waals surface area contributed by atoms with E-state index in [1.165, 1.54) is 13.2 Å². The average Bonchev–Trinajstić information content (AvgIpc) is 2.53. The summed E-state index contributed by atoms with van der Waals surface area (Å²) in [6.45, 7) is 5.51. The zero-order valence-electron chi connectivity index (χ0n) is 14.6. The zero-order valence-corrected chi connectivity index (χ0v) is 14.6. The first-order chi connectivity index (χ1) is 11.8. The molecule has 0 aliphatic carbocycles. The van der Waals surface area contributed by atoms with Gasteiger partial charge in [0.05, 0.1) is 24.7 Å². The number of carbonyl (C=O) groups is 1. The van der Waals surface area contributed by atoms with Gasteiger partial charge >= 0.3 is 5.97 Å². The van der Waals surface area contributed by atoms with Crippen LogP contribution in [0.3, 0.4) is 0 Å². The van der Waals surface area contributed by atoms with Crippen molar-refractivity contribution in [2.24, 2.45) is 16.8 Å². The Kier molecular flexibility index (Phi) is 5.68. The summed E-state index contributed by atoms with van der Waals surface area (Å²) in [5.74, 6) is -4.17. The minimum atomic E-state index is -1.09. The fourth-order valence-corrected chi connectivity index (χ4v) is 3.17. The molecule has 132 valence electrons. The predicted molar refractivity (Wildman–Crippen MR) is 89.8 cm³/mol. The van der Waals surface area contributed by atoms with Crippen LogP contribution in [0.2, 0.25) is 0 Å². The van der Waals surface area contributed by atoms with E-state index in [4.69, 9.17) is 4.74 Å². The zero-order chi connectivity index (χ0) is 18.7. The number of hydrogen-bond donors (Lipinski definition) is 0. The molecule has 25 heavy (non-hydrogen) atoms. The molecule has 6 heteroatoms. The summed E-state index contributed by atoms with van der Waals surface area (Å²) < 4.78 is 33.7. The Hall–Kier alpha value is -2.55. The van der Waals surface area contributed by atoms with Gasteiger partial charge < -0.3 is 4.74 Å². The molecule has 0 saturated carbocycles. The highest BCUT2D eigenvalue weighted by molar-refractivity contribution is 5.99. The number of nitriles is 1. The molecule has 0 spiro atoms. The molecule has 0 aromatic heterocycles. The predicted octanol–water partition coefficient (Wildman–Crippen LogP) is 4.14. The van der Waals surface area contributed by atoms with Crippen LogP contribution in [0.15, 0.2) is 34.5 Å². The number of halogens is 2. The monoisotopic (exact) mass is 346 g/mol. The highest BCUT2D eigenvalue weighted by Crippen LogP contribution is 2.42. The molecule has 2 unspecified atom stereocenters. The van der Waals surface area contributed by atoms with Gasteiger partial charge in [-0.2, -0.15) is 5.26 Å². The van der Waals surface area contributed by atoms with Crippen LogP contribution in [0, 0.1) is 34.8 Å². The van der Waals surface area contributed by atoms with Crippen molar-refractivity contribution in [2.45, 2.75) is 33.1 Å². The fourth-order valence-electron chi connectivity index (χ4n) is 3.17. The van der Waals surface area contributed by atoms with E-state index in [0.29, 0.717) is 17.8 Å². The average molecular weight is 346 g/mol. The van der Waals surface area contributed by atoms with E-state index in [2.05, 4.69) is 11.1 Å². The minimum absolute atomic E-state index is 0.0190. The molecule has 4 nitrogen and oxygen atoms in total. The molecule has 1 aliphatic heterocycles. The van der Waals surface area contributed by atoms with Gasteiger partial charge in [0.2, 0.25) is 0 Å². The van der Waals surface area contributed by atoms with Crippen molar-refractivity contribution < 1.29 is 18.3 Å². The van der Waals surface area contributed by atoms with Crippen molar-refractivity contribution in [3.63, 3.8) is 0 Å². The first kappa shape index (κ1) is 18.8. The Bertz CT molecular complexity index is 771. The Morgan fingerprint density at radius 1 is 1.36 bits per heavy atom. The van der Waals surface area contributed by atoms with Gasteiger partial charge in [-0.25, -0.2) is 13.6 Å². The van der Waals surface area contributed by atoms with E-state index in [0.717, 1.165) is 12.1 Å². The van der Waals surface area contributed by atoms with Crippen molar-refractivity contribution >= 4 is 11.7 Å². The molecule has 0 fully saturated rings. The van der Waals surface area contributed by atoms with E-state index in [-0.39, 0.29) is 17.1 Å². The Balaban J connectivity index is 2.74. The van der Waals surface area contributed by atoms with E-state index in [1.807, 2.05) is 13.8 Å². The molecule has 0 amide bonds. The van der Waals surface area contributed by atoms with Gasteiger partial charge in [0.15, 0.2) is 0 Å². The SMILES string of the molecule is COC(=O)C1=C(C)N=C(CC(C)C)C(C#N)C1c1c(F)cccc1F. The number of ether oxygens (including phenoxy) is 1. The number of hydrogen-bond acceptors (Lipinski definition) is 4. The smallest absolute Gasteiger partial charge is 0.336 e. The normalized spacial score (nSPS) is 20.3. The molecule has 1 heterocycles. The number of esters is 1. The lowest BCUT2D eigenvalue weighted by molar-refractivity contribution is -0.136.